The van der Waals surface area contributed by atoms with E-state index in [2.05, 4.69) is 17.0 Å². The summed E-state index contributed by atoms with van der Waals surface area (Å²) >= 11 is 0. The van der Waals surface area contributed by atoms with E-state index in [0.29, 0.717) is 6.42 Å². The van der Waals surface area contributed by atoms with E-state index in [1.807, 2.05) is 18.2 Å². The Morgan fingerprint density at radius 1 is 1.24 bits per heavy atom. The van der Waals surface area contributed by atoms with E-state index in [1.54, 1.807) is 0 Å². The Hall–Kier alpha value is -1.07. The summed E-state index contributed by atoms with van der Waals surface area (Å²) in [4.78, 5) is 2.30. The van der Waals surface area contributed by atoms with Gasteiger partial charge in [-0.2, -0.15) is 13.2 Å². The Labute approximate surface area is 123 Å². The van der Waals surface area contributed by atoms with Gasteiger partial charge in [-0.05, 0) is 43.7 Å². The average molecular weight is 301 g/mol. The molecular formula is C16H22F3NO. The number of likely N-dealkylation sites (tertiary alicyclic amines) is 1. The molecule has 1 saturated heterocycles. The van der Waals surface area contributed by atoms with Crippen LogP contribution in [0.1, 0.15) is 31.2 Å². The van der Waals surface area contributed by atoms with Crippen molar-refractivity contribution >= 4 is 0 Å². The van der Waals surface area contributed by atoms with Gasteiger partial charge >= 0.3 is 6.18 Å². The van der Waals surface area contributed by atoms with E-state index in [4.69, 9.17) is 5.11 Å². The van der Waals surface area contributed by atoms with Crippen LogP contribution in [0.5, 0.6) is 0 Å². The van der Waals surface area contributed by atoms with Crippen LogP contribution >= 0.6 is 0 Å². The van der Waals surface area contributed by atoms with Gasteiger partial charge in [0.1, 0.15) is 6.10 Å². The molecule has 1 aliphatic heterocycles. The molecular weight excluding hydrogens is 279 g/mol. The lowest BCUT2D eigenvalue weighted by Gasteiger charge is -2.33. The second kappa shape index (κ2) is 7.27. The summed E-state index contributed by atoms with van der Waals surface area (Å²) in [5.41, 5.74) is 1.23. The first-order valence-corrected chi connectivity index (χ1v) is 7.46. The van der Waals surface area contributed by atoms with Crippen molar-refractivity contribution in [1.82, 2.24) is 4.90 Å². The normalized spacial score (nSPS) is 22.2. The first-order valence-electron chi connectivity index (χ1n) is 7.46. The molecule has 0 aliphatic carbocycles. The Morgan fingerprint density at radius 2 is 1.95 bits per heavy atom. The predicted molar refractivity (Wildman–Crippen MR) is 75.7 cm³/mol. The zero-order valence-electron chi connectivity index (χ0n) is 12.0. The first-order chi connectivity index (χ1) is 9.95. The molecule has 0 bridgehead atoms. The number of nitrogens with zero attached hydrogens (tertiary/aromatic N) is 1. The van der Waals surface area contributed by atoms with Crippen LogP contribution < -0.4 is 0 Å². The molecule has 1 fully saturated rings. The number of alkyl halides is 3. The summed E-state index contributed by atoms with van der Waals surface area (Å²) in [5.74, 6) is 0.250. The van der Waals surface area contributed by atoms with E-state index >= 15 is 0 Å². The third kappa shape index (κ3) is 5.32. The molecule has 2 atom stereocenters. The molecule has 1 heterocycles. The van der Waals surface area contributed by atoms with Crippen LogP contribution in [0.4, 0.5) is 13.2 Å². The van der Waals surface area contributed by atoms with Gasteiger partial charge in [-0.25, -0.2) is 0 Å². The first kappa shape index (κ1) is 16.3. The van der Waals surface area contributed by atoms with Crippen molar-refractivity contribution in [2.24, 2.45) is 5.92 Å². The second-order valence-electron chi connectivity index (χ2n) is 5.86. The lowest BCUT2D eigenvalue weighted by molar-refractivity contribution is -0.206. The molecule has 1 N–H and O–H groups in total. The standard InChI is InChI=1S/C16H22F3NO/c17-16(18,19)15(21)9-8-14-7-4-10-20(12-14)11-13-5-2-1-3-6-13/h1-3,5-6,14-15,21H,4,7-12H2. The molecule has 0 amide bonds. The van der Waals surface area contributed by atoms with Crippen LogP contribution in [0, 0.1) is 5.92 Å². The molecule has 118 valence electrons. The van der Waals surface area contributed by atoms with E-state index < -0.39 is 12.3 Å². The lowest BCUT2D eigenvalue weighted by atomic mass is 9.92. The minimum absolute atomic E-state index is 0.187. The van der Waals surface area contributed by atoms with Gasteiger partial charge in [0.25, 0.3) is 0 Å². The topological polar surface area (TPSA) is 23.5 Å². The molecule has 1 aromatic rings. The van der Waals surface area contributed by atoms with Gasteiger partial charge in [0, 0.05) is 13.1 Å². The Balaban J connectivity index is 1.78. The largest absolute Gasteiger partial charge is 0.414 e. The second-order valence-corrected chi connectivity index (χ2v) is 5.86. The highest BCUT2D eigenvalue weighted by atomic mass is 19.4. The molecule has 0 saturated carbocycles. The molecule has 2 unspecified atom stereocenters. The van der Waals surface area contributed by atoms with Crippen LogP contribution in [-0.2, 0) is 6.54 Å². The number of rotatable bonds is 5. The fourth-order valence-electron chi connectivity index (χ4n) is 2.93. The lowest BCUT2D eigenvalue weighted by Crippen LogP contribution is -2.36. The van der Waals surface area contributed by atoms with Gasteiger partial charge in [0.05, 0.1) is 0 Å². The van der Waals surface area contributed by atoms with Crippen molar-refractivity contribution in [3.63, 3.8) is 0 Å². The van der Waals surface area contributed by atoms with Gasteiger partial charge in [-0.15, -0.1) is 0 Å². The number of halogens is 3. The van der Waals surface area contributed by atoms with E-state index in [-0.39, 0.29) is 12.3 Å². The van der Waals surface area contributed by atoms with Gasteiger partial charge < -0.3 is 5.11 Å². The maximum Gasteiger partial charge on any atom is 0.414 e. The average Bonchev–Trinajstić information content (AvgIpc) is 2.45. The number of aliphatic hydroxyl groups excluding tert-OH is 1. The summed E-state index contributed by atoms with van der Waals surface area (Å²) in [7, 11) is 0. The molecule has 0 radical (unpaired) electrons. The highest BCUT2D eigenvalue weighted by Gasteiger charge is 2.38. The van der Waals surface area contributed by atoms with Gasteiger partial charge in [0.15, 0.2) is 0 Å². The van der Waals surface area contributed by atoms with Crippen molar-refractivity contribution in [2.45, 2.75) is 44.5 Å². The molecule has 1 aromatic carbocycles. The Bertz CT molecular complexity index is 421. The van der Waals surface area contributed by atoms with Gasteiger partial charge in [-0.1, -0.05) is 30.3 Å². The number of aliphatic hydroxyl groups is 1. The number of hydrogen-bond donors (Lipinski definition) is 1. The highest BCUT2D eigenvalue weighted by molar-refractivity contribution is 5.14. The molecule has 5 heteroatoms. The summed E-state index contributed by atoms with van der Waals surface area (Å²) < 4.78 is 36.9. The number of hydrogen-bond acceptors (Lipinski definition) is 2. The molecule has 0 spiro atoms. The van der Waals surface area contributed by atoms with Gasteiger partial charge in [0.2, 0.25) is 0 Å². The van der Waals surface area contributed by atoms with E-state index in [1.165, 1.54) is 5.56 Å². The summed E-state index contributed by atoms with van der Waals surface area (Å²) in [5, 5.41) is 9.08. The molecule has 1 aliphatic rings. The quantitative estimate of drug-likeness (QED) is 0.898. The van der Waals surface area contributed by atoms with Gasteiger partial charge in [-0.3, -0.25) is 4.90 Å². The molecule has 21 heavy (non-hydrogen) atoms. The fourth-order valence-corrected chi connectivity index (χ4v) is 2.93. The smallest absolute Gasteiger partial charge is 0.384 e. The van der Waals surface area contributed by atoms with Crippen molar-refractivity contribution in [2.75, 3.05) is 13.1 Å². The minimum Gasteiger partial charge on any atom is -0.384 e. The van der Waals surface area contributed by atoms with E-state index in [9.17, 15) is 13.2 Å². The van der Waals surface area contributed by atoms with Crippen LogP contribution in [0.25, 0.3) is 0 Å². The minimum atomic E-state index is -4.49. The predicted octanol–water partition coefficient (Wildman–Crippen LogP) is 3.60. The van der Waals surface area contributed by atoms with Crippen molar-refractivity contribution in [1.29, 1.82) is 0 Å². The van der Waals surface area contributed by atoms with E-state index in [0.717, 1.165) is 32.5 Å². The molecule has 0 aromatic heterocycles. The number of piperidine rings is 1. The maximum atomic E-state index is 12.3. The van der Waals surface area contributed by atoms with Crippen LogP contribution in [0.3, 0.4) is 0 Å². The van der Waals surface area contributed by atoms with Crippen molar-refractivity contribution in [3.8, 4) is 0 Å². The third-order valence-electron chi connectivity index (χ3n) is 4.08. The van der Waals surface area contributed by atoms with Crippen molar-refractivity contribution in [3.05, 3.63) is 35.9 Å². The SMILES string of the molecule is OC(CCC1CCCN(Cc2ccccc2)C1)C(F)(F)F. The fraction of sp³-hybridized carbons (Fsp3) is 0.625. The third-order valence-corrected chi connectivity index (χ3v) is 4.08. The van der Waals surface area contributed by atoms with Crippen LogP contribution in [0.2, 0.25) is 0 Å². The summed E-state index contributed by atoms with van der Waals surface area (Å²) in [6.07, 6.45) is -4.45. The monoisotopic (exact) mass is 301 g/mol. The molecule has 2 nitrogen and oxygen atoms in total. The zero-order valence-corrected chi connectivity index (χ0v) is 12.0. The summed E-state index contributed by atoms with van der Waals surface area (Å²) in [6, 6.07) is 10.1. The van der Waals surface area contributed by atoms with Crippen molar-refractivity contribution < 1.29 is 18.3 Å². The number of benzene rings is 1. The highest BCUT2D eigenvalue weighted by Crippen LogP contribution is 2.28. The maximum absolute atomic E-state index is 12.3. The van der Waals surface area contributed by atoms with Crippen LogP contribution in [-0.4, -0.2) is 35.4 Å². The Morgan fingerprint density at radius 3 is 2.62 bits per heavy atom. The summed E-state index contributed by atoms with van der Waals surface area (Å²) in [6.45, 7) is 2.66. The zero-order chi connectivity index (χ0) is 15.3. The Kier molecular flexibility index (Phi) is 5.65. The molecule has 2 rings (SSSR count). The van der Waals surface area contributed by atoms with Crippen LogP contribution in [0.15, 0.2) is 30.3 Å².